The lowest BCUT2D eigenvalue weighted by Crippen LogP contribution is -2.41. The molecule has 0 aliphatic carbocycles. The van der Waals surface area contributed by atoms with E-state index in [0.29, 0.717) is 6.04 Å². The van der Waals surface area contributed by atoms with Gasteiger partial charge in [0.15, 0.2) is 0 Å². The van der Waals surface area contributed by atoms with Crippen LogP contribution < -0.4 is 5.73 Å². The first-order valence-corrected chi connectivity index (χ1v) is 6.87. The van der Waals surface area contributed by atoms with Gasteiger partial charge in [0, 0.05) is 19.1 Å². The fourth-order valence-electron chi connectivity index (χ4n) is 3.00. The first-order valence-electron chi connectivity index (χ1n) is 6.87. The SMILES string of the molecule is Nc1nonc1C(=O)N1CCC(N2CCCCC2)C1. The van der Waals surface area contributed by atoms with E-state index in [9.17, 15) is 4.79 Å². The zero-order valence-corrected chi connectivity index (χ0v) is 10.9. The zero-order valence-electron chi connectivity index (χ0n) is 10.9. The summed E-state index contributed by atoms with van der Waals surface area (Å²) in [5, 5.41) is 7.03. The van der Waals surface area contributed by atoms with Crippen LogP contribution >= 0.6 is 0 Å². The third-order valence-corrected chi connectivity index (χ3v) is 4.07. The molecule has 1 aromatic rings. The molecule has 1 atom stereocenters. The van der Waals surface area contributed by atoms with Gasteiger partial charge < -0.3 is 10.6 Å². The minimum Gasteiger partial charge on any atom is -0.379 e. The van der Waals surface area contributed by atoms with Gasteiger partial charge >= 0.3 is 0 Å². The third-order valence-electron chi connectivity index (χ3n) is 4.07. The van der Waals surface area contributed by atoms with Gasteiger partial charge in [0.25, 0.3) is 5.91 Å². The number of anilines is 1. The van der Waals surface area contributed by atoms with E-state index in [1.165, 1.54) is 19.3 Å². The Kier molecular flexibility index (Phi) is 3.37. The number of amides is 1. The number of hydrogen-bond acceptors (Lipinski definition) is 6. The molecule has 1 unspecified atom stereocenters. The second kappa shape index (κ2) is 5.16. The van der Waals surface area contributed by atoms with Crippen LogP contribution in [0.3, 0.4) is 0 Å². The normalized spacial score (nSPS) is 24.8. The minimum atomic E-state index is -0.168. The van der Waals surface area contributed by atoms with Crippen molar-refractivity contribution in [2.45, 2.75) is 31.7 Å². The molecular formula is C12H19N5O2. The highest BCUT2D eigenvalue weighted by Crippen LogP contribution is 2.22. The Bertz CT molecular complexity index is 455. The molecule has 2 saturated heterocycles. The number of carbonyl (C=O) groups excluding carboxylic acids is 1. The van der Waals surface area contributed by atoms with E-state index in [4.69, 9.17) is 5.73 Å². The molecule has 2 N–H and O–H groups in total. The van der Waals surface area contributed by atoms with Crippen molar-refractivity contribution in [3.63, 3.8) is 0 Å². The van der Waals surface area contributed by atoms with Crippen molar-refractivity contribution >= 4 is 11.7 Å². The maximum absolute atomic E-state index is 12.2. The predicted octanol–water partition coefficient (Wildman–Crippen LogP) is 0.352. The molecule has 0 saturated carbocycles. The van der Waals surface area contributed by atoms with Gasteiger partial charge in [-0.3, -0.25) is 9.69 Å². The van der Waals surface area contributed by atoms with E-state index in [-0.39, 0.29) is 17.4 Å². The van der Waals surface area contributed by atoms with E-state index in [0.717, 1.165) is 32.6 Å². The molecule has 19 heavy (non-hydrogen) atoms. The van der Waals surface area contributed by atoms with Crippen molar-refractivity contribution in [1.82, 2.24) is 20.1 Å². The molecule has 7 nitrogen and oxygen atoms in total. The van der Waals surface area contributed by atoms with Crippen molar-refractivity contribution < 1.29 is 9.42 Å². The van der Waals surface area contributed by atoms with E-state index in [1.807, 2.05) is 0 Å². The summed E-state index contributed by atoms with van der Waals surface area (Å²) in [6, 6.07) is 0.477. The van der Waals surface area contributed by atoms with Crippen molar-refractivity contribution in [3.05, 3.63) is 5.69 Å². The Morgan fingerprint density at radius 3 is 2.68 bits per heavy atom. The van der Waals surface area contributed by atoms with Gasteiger partial charge in [-0.1, -0.05) is 6.42 Å². The molecule has 7 heteroatoms. The summed E-state index contributed by atoms with van der Waals surface area (Å²) in [5.74, 6) is -0.0929. The van der Waals surface area contributed by atoms with E-state index < -0.39 is 0 Å². The van der Waals surface area contributed by atoms with Crippen molar-refractivity contribution in [1.29, 1.82) is 0 Å². The number of aromatic nitrogens is 2. The van der Waals surface area contributed by atoms with Gasteiger partial charge in [-0.15, -0.1) is 0 Å². The average Bonchev–Trinajstić information content (AvgIpc) is 3.08. The summed E-state index contributed by atoms with van der Waals surface area (Å²) in [4.78, 5) is 16.5. The summed E-state index contributed by atoms with van der Waals surface area (Å²) in [7, 11) is 0. The largest absolute Gasteiger partial charge is 0.379 e. The van der Waals surface area contributed by atoms with E-state index in [1.54, 1.807) is 4.90 Å². The number of nitrogens with zero attached hydrogens (tertiary/aromatic N) is 4. The van der Waals surface area contributed by atoms with Gasteiger partial charge in [0.05, 0.1) is 0 Å². The number of piperidine rings is 1. The van der Waals surface area contributed by atoms with Gasteiger partial charge in [-0.25, -0.2) is 4.63 Å². The molecule has 1 aromatic heterocycles. The fraction of sp³-hybridized carbons (Fsp3) is 0.750. The number of likely N-dealkylation sites (tertiary alicyclic amines) is 2. The first-order chi connectivity index (χ1) is 9.25. The molecule has 2 fully saturated rings. The highest BCUT2D eigenvalue weighted by atomic mass is 16.6. The second-order valence-corrected chi connectivity index (χ2v) is 5.29. The van der Waals surface area contributed by atoms with Crippen LogP contribution in [0.5, 0.6) is 0 Å². The molecule has 3 heterocycles. The zero-order chi connectivity index (χ0) is 13.2. The number of rotatable bonds is 2. The van der Waals surface area contributed by atoms with Gasteiger partial charge in [0.1, 0.15) is 0 Å². The van der Waals surface area contributed by atoms with Crippen molar-refractivity contribution in [2.24, 2.45) is 0 Å². The number of hydrogen-bond donors (Lipinski definition) is 1. The molecule has 0 spiro atoms. The molecule has 104 valence electrons. The van der Waals surface area contributed by atoms with E-state index in [2.05, 4.69) is 19.8 Å². The standard InChI is InChI=1S/C12H19N5O2/c13-11-10(14-19-15-11)12(18)17-7-4-9(8-17)16-5-2-1-3-6-16/h9H,1-8H2,(H2,13,15). The van der Waals surface area contributed by atoms with Crippen LogP contribution in [0.1, 0.15) is 36.2 Å². The van der Waals surface area contributed by atoms with E-state index >= 15 is 0 Å². The molecule has 2 aliphatic rings. The smallest absolute Gasteiger partial charge is 0.280 e. The molecule has 0 radical (unpaired) electrons. The average molecular weight is 265 g/mol. The number of nitrogen functional groups attached to an aromatic ring is 1. The molecule has 1 amide bonds. The summed E-state index contributed by atoms with van der Waals surface area (Å²) < 4.78 is 4.49. The predicted molar refractivity (Wildman–Crippen MR) is 68.4 cm³/mol. The van der Waals surface area contributed by atoms with Crippen LogP contribution in [0.15, 0.2) is 4.63 Å². The fourth-order valence-corrected chi connectivity index (χ4v) is 3.00. The van der Waals surface area contributed by atoms with Crippen LogP contribution in [-0.4, -0.2) is 58.2 Å². The summed E-state index contributed by atoms with van der Waals surface area (Å²) >= 11 is 0. The van der Waals surface area contributed by atoms with Gasteiger partial charge in [-0.2, -0.15) is 0 Å². The Morgan fingerprint density at radius 1 is 1.21 bits per heavy atom. The minimum absolute atomic E-state index is 0.0754. The maximum atomic E-state index is 12.2. The van der Waals surface area contributed by atoms with Crippen molar-refractivity contribution in [2.75, 3.05) is 31.9 Å². The quantitative estimate of drug-likeness (QED) is 0.830. The molecule has 0 bridgehead atoms. The van der Waals surface area contributed by atoms with Crippen molar-refractivity contribution in [3.8, 4) is 0 Å². The summed E-state index contributed by atoms with van der Waals surface area (Å²) in [6.45, 7) is 3.82. The number of carbonyl (C=O) groups is 1. The van der Waals surface area contributed by atoms with Crippen LogP contribution in [0.25, 0.3) is 0 Å². The molecule has 3 rings (SSSR count). The Hall–Kier alpha value is -1.63. The Labute approximate surface area is 111 Å². The molecule has 0 aromatic carbocycles. The lowest BCUT2D eigenvalue weighted by molar-refractivity contribution is 0.0761. The highest BCUT2D eigenvalue weighted by Gasteiger charge is 2.33. The second-order valence-electron chi connectivity index (χ2n) is 5.29. The summed E-state index contributed by atoms with van der Waals surface area (Å²) in [6.07, 6.45) is 4.89. The third kappa shape index (κ3) is 2.42. The summed E-state index contributed by atoms with van der Waals surface area (Å²) in [5.41, 5.74) is 5.70. The Morgan fingerprint density at radius 2 is 2.00 bits per heavy atom. The monoisotopic (exact) mass is 265 g/mol. The molecule has 2 aliphatic heterocycles. The van der Waals surface area contributed by atoms with Crippen LogP contribution in [0, 0.1) is 0 Å². The van der Waals surface area contributed by atoms with Crippen LogP contribution in [0.4, 0.5) is 5.82 Å². The number of nitrogens with two attached hydrogens (primary N) is 1. The van der Waals surface area contributed by atoms with Gasteiger partial charge in [0.2, 0.25) is 11.5 Å². The van der Waals surface area contributed by atoms with Crippen LogP contribution in [0.2, 0.25) is 0 Å². The lowest BCUT2D eigenvalue weighted by Gasteiger charge is -2.32. The topological polar surface area (TPSA) is 88.5 Å². The molecular weight excluding hydrogens is 246 g/mol. The van der Waals surface area contributed by atoms with Gasteiger partial charge in [-0.05, 0) is 42.7 Å². The highest BCUT2D eigenvalue weighted by molar-refractivity contribution is 5.96. The first kappa shape index (κ1) is 12.4. The Balaban J connectivity index is 1.62. The maximum Gasteiger partial charge on any atom is 0.280 e. The lowest BCUT2D eigenvalue weighted by atomic mass is 10.1. The van der Waals surface area contributed by atoms with Crippen LogP contribution in [-0.2, 0) is 0 Å².